The molecule has 0 radical (unpaired) electrons. The molecular weight excluding hydrogens is 276 g/mol. The van der Waals surface area contributed by atoms with E-state index in [1.165, 1.54) is 11.1 Å². The predicted octanol–water partition coefficient (Wildman–Crippen LogP) is 2.15. The van der Waals surface area contributed by atoms with Crippen LogP contribution in [0.25, 0.3) is 0 Å². The first-order valence-electron chi connectivity index (χ1n) is 8.12. The standard InChI is InChI=1S/C18H28N2O2/c1-4-14-5-7-15(8-6-14)17(2,3)13-20-16(21)18(19)9-11-22-12-10-18/h5-8H,4,9-13,19H2,1-3H3,(H,20,21). The van der Waals surface area contributed by atoms with Crippen LogP contribution in [-0.4, -0.2) is 31.2 Å². The second kappa shape index (κ2) is 6.80. The van der Waals surface area contributed by atoms with Gasteiger partial charge >= 0.3 is 0 Å². The molecule has 22 heavy (non-hydrogen) atoms. The van der Waals surface area contributed by atoms with Crippen LogP contribution in [0, 0.1) is 0 Å². The van der Waals surface area contributed by atoms with E-state index in [0.29, 0.717) is 32.6 Å². The summed E-state index contributed by atoms with van der Waals surface area (Å²) in [6.45, 7) is 8.13. The fraction of sp³-hybridized carbons (Fsp3) is 0.611. The van der Waals surface area contributed by atoms with Crippen LogP contribution >= 0.6 is 0 Å². The predicted molar refractivity (Wildman–Crippen MR) is 88.8 cm³/mol. The van der Waals surface area contributed by atoms with Crippen LogP contribution < -0.4 is 11.1 Å². The Morgan fingerprint density at radius 3 is 2.41 bits per heavy atom. The number of amides is 1. The maximum atomic E-state index is 12.4. The van der Waals surface area contributed by atoms with E-state index in [1.54, 1.807) is 0 Å². The first-order chi connectivity index (χ1) is 10.4. The molecule has 0 spiro atoms. The molecule has 1 amide bonds. The molecule has 0 atom stereocenters. The molecule has 1 saturated heterocycles. The van der Waals surface area contributed by atoms with Gasteiger partial charge in [-0.15, -0.1) is 0 Å². The average Bonchev–Trinajstić information content (AvgIpc) is 2.53. The van der Waals surface area contributed by atoms with Gasteiger partial charge in [-0.2, -0.15) is 0 Å². The van der Waals surface area contributed by atoms with Gasteiger partial charge in [0.15, 0.2) is 0 Å². The number of carbonyl (C=O) groups excluding carboxylic acids is 1. The third-order valence-corrected chi connectivity index (χ3v) is 4.67. The van der Waals surface area contributed by atoms with Gasteiger partial charge in [-0.05, 0) is 30.4 Å². The van der Waals surface area contributed by atoms with Gasteiger partial charge in [0.25, 0.3) is 0 Å². The van der Waals surface area contributed by atoms with E-state index < -0.39 is 5.54 Å². The number of nitrogens with two attached hydrogens (primary N) is 1. The third kappa shape index (κ3) is 3.87. The summed E-state index contributed by atoms with van der Waals surface area (Å²) in [7, 11) is 0. The number of ether oxygens (including phenoxy) is 1. The van der Waals surface area contributed by atoms with Gasteiger partial charge in [-0.25, -0.2) is 0 Å². The van der Waals surface area contributed by atoms with Crippen LogP contribution in [0.3, 0.4) is 0 Å². The third-order valence-electron chi connectivity index (χ3n) is 4.67. The Morgan fingerprint density at radius 1 is 1.27 bits per heavy atom. The van der Waals surface area contributed by atoms with Crippen LogP contribution in [0.15, 0.2) is 24.3 Å². The molecule has 0 saturated carbocycles. The van der Waals surface area contributed by atoms with E-state index in [1.807, 2.05) is 0 Å². The normalized spacial score (nSPS) is 18.0. The van der Waals surface area contributed by atoms with E-state index in [-0.39, 0.29) is 11.3 Å². The number of carbonyl (C=O) groups is 1. The van der Waals surface area contributed by atoms with Crippen LogP contribution in [0.1, 0.15) is 44.7 Å². The molecule has 4 heteroatoms. The van der Waals surface area contributed by atoms with Gasteiger partial charge in [-0.3, -0.25) is 4.79 Å². The number of nitrogens with one attached hydrogen (secondary N) is 1. The van der Waals surface area contributed by atoms with Crippen molar-refractivity contribution in [3.05, 3.63) is 35.4 Å². The Morgan fingerprint density at radius 2 is 1.86 bits per heavy atom. The number of hydrogen-bond donors (Lipinski definition) is 2. The minimum atomic E-state index is -0.777. The highest BCUT2D eigenvalue weighted by Gasteiger charge is 2.36. The molecule has 1 aromatic rings. The maximum absolute atomic E-state index is 12.4. The van der Waals surface area contributed by atoms with E-state index in [9.17, 15) is 4.79 Å². The molecular formula is C18H28N2O2. The Kier molecular flexibility index (Phi) is 5.24. The summed E-state index contributed by atoms with van der Waals surface area (Å²) in [4.78, 5) is 12.4. The summed E-state index contributed by atoms with van der Waals surface area (Å²) in [6, 6.07) is 8.61. The Labute approximate surface area is 133 Å². The Hall–Kier alpha value is -1.39. The maximum Gasteiger partial charge on any atom is 0.240 e. The van der Waals surface area contributed by atoms with E-state index in [0.717, 1.165) is 6.42 Å². The van der Waals surface area contributed by atoms with E-state index in [4.69, 9.17) is 10.5 Å². The van der Waals surface area contributed by atoms with Gasteiger partial charge in [0.1, 0.15) is 0 Å². The Bertz CT molecular complexity index is 502. The fourth-order valence-corrected chi connectivity index (χ4v) is 2.73. The summed E-state index contributed by atoms with van der Waals surface area (Å²) in [5, 5.41) is 3.04. The van der Waals surface area contributed by atoms with Gasteiger partial charge < -0.3 is 15.8 Å². The molecule has 1 aliphatic heterocycles. The molecule has 0 bridgehead atoms. The zero-order valence-corrected chi connectivity index (χ0v) is 13.9. The molecule has 2 rings (SSSR count). The number of rotatable bonds is 5. The molecule has 1 aromatic carbocycles. The lowest BCUT2D eigenvalue weighted by atomic mass is 9.83. The second-order valence-corrected chi connectivity index (χ2v) is 6.89. The summed E-state index contributed by atoms with van der Waals surface area (Å²) >= 11 is 0. The Balaban J connectivity index is 1.97. The minimum Gasteiger partial charge on any atom is -0.381 e. The van der Waals surface area contributed by atoms with Crippen molar-refractivity contribution in [3.8, 4) is 0 Å². The van der Waals surface area contributed by atoms with Gasteiger partial charge in [0.2, 0.25) is 5.91 Å². The molecule has 0 aromatic heterocycles. The van der Waals surface area contributed by atoms with Crippen molar-refractivity contribution < 1.29 is 9.53 Å². The highest BCUT2D eigenvalue weighted by molar-refractivity contribution is 5.86. The van der Waals surface area contributed by atoms with Gasteiger partial charge in [0, 0.05) is 25.2 Å². The lowest BCUT2D eigenvalue weighted by molar-refractivity contribution is -0.130. The van der Waals surface area contributed by atoms with Gasteiger partial charge in [-0.1, -0.05) is 45.0 Å². The minimum absolute atomic E-state index is 0.0611. The summed E-state index contributed by atoms with van der Waals surface area (Å²) in [6.07, 6.45) is 2.21. The molecule has 4 nitrogen and oxygen atoms in total. The van der Waals surface area contributed by atoms with Crippen LogP contribution in [0.4, 0.5) is 0 Å². The van der Waals surface area contributed by atoms with E-state index in [2.05, 4.69) is 50.4 Å². The largest absolute Gasteiger partial charge is 0.381 e. The first-order valence-corrected chi connectivity index (χ1v) is 8.12. The molecule has 1 heterocycles. The fourth-order valence-electron chi connectivity index (χ4n) is 2.73. The van der Waals surface area contributed by atoms with Crippen molar-refractivity contribution >= 4 is 5.91 Å². The molecule has 1 aliphatic rings. The highest BCUT2D eigenvalue weighted by atomic mass is 16.5. The molecule has 0 aliphatic carbocycles. The van der Waals surface area contributed by atoms with Gasteiger partial charge in [0.05, 0.1) is 5.54 Å². The van der Waals surface area contributed by atoms with E-state index >= 15 is 0 Å². The zero-order chi connectivity index (χ0) is 16.2. The topological polar surface area (TPSA) is 64.4 Å². The average molecular weight is 304 g/mol. The zero-order valence-electron chi connectivity index (χ0n) is 13.9. The summed E-state index contributed by atoms with van der Waals surface area (Å²) in [5.74, 6) is -0.0611. The molecule has 122 valence electrons. The smallest absolute Gasteiger partial charge is 0.240 e. The number of benzene rings is 1. The molecule has 1 fully saturated rings. The lowest BCUT2D eigenvalue weighted by Crippen LogP contribution is -2.58. The SMILES string of the molecule is CCc1ccc(C(C)(C)CNC(=O)C2(N)CCOCC2)cc1. The van der Waals surface area contributed by atoms with Crippen LogP contribution in [0.5, 0.6) is 0 Å². The molecule has 3 N–H and O–H groups in total. The summed E-state index contributed by atoms with van der Waals surface area (Å²) in [5.41, 5.74) is 7.87. The summed E-state index contributed by atoms with van der Waals surface area (Å²) < 4.78 is 5.29. The molecule has 0 unspecified atom stereocenters. The monoisotopic (exact) mass is 304 g/mol. The number of hydrogen-bond acceptors (Lipinski definition) is 3. The van der Waals surface area contributed by atoms with Crippen molar-refractivity contribution in [2.45, 2.75) is 51.0 Å². The highest BCUT2D eigenvalue weighted by Crippen LogP contribution is 2.24. The van der Waals surface area contributed by atoms with Crippen LogP contribution in [-0.2, 0) is 21.4 Å². The lowest BCUT2D eigenvalue weighted by Gasteiger charge is -2.34. The van der Waals surface area contributed by atoms with Crippen molar-refractivity contribution in [1.82, 2.24) is 5.32 Å². The van der Waals surface area contributed by atoms with Crippen molar-refractivity contribution in [2.24, 2.45) is 5.73 Å². The van der Waals surface area contributed by atoms with Crippen molar-refractivity contribution in [3.63, 3.8) is 0 Å². The van der Waals surface area contributed by atoms with Crippen LogP contribution in [0.2, 0.25) is 0 Å². The number of aryl methyl sites for hydroxylation is 1. The van der Waals surface area contributed by atoms with Crippen molar-refractivity contribution in [1.29, 1.82) is 0 Å². The first kappa shape index (κ1) is 17.0. The second-order valence-electron chi connectivity index (χ2n) is 6.89. The van der Waals surface area contributed by atoms with Crippen molar-refractivity contribution in [2.75, 3.05) is 19.8 Å². The quantitative estimate of drug-likeness (QED) is 0.876.